The van der Waals surface area contributed by atoms with Gasteiger partial charge in [-0.1, -0.05) is 23.2 Å². The van der Waals surface area contributed by atoms with Crippen molar-refractivity contribution in [2.75, 3.05) is 60.6 Å². The Morgan fingerprint density at radius 1 is 1.00 bits per heavy atom. The fourth-order valence-electron chi connectivity index (χ4n) is 4.25. The zero-order valence-corrected chi connectivity index (χ0v) is 22.2. The number of pyridine rings is 1. The lowest BCUT2D eigenvalue weighted by Gasteiger charge is -2.32. The number of quaternary nitrogens is 1. The number of fused-ring (bicyclic) bond motifs is 1. The van der Waals surface area contributed by atoms with Gasteiger partial charge in [0.05, 0.1) is 42.9 Å². The van der Waals surface area contributed by atoms with Gasteiger partial charge in [-0.25, -0.2) is 0 Å². The molecule has 0 spiro atoms. The Balaban J connectivity index is 1.57. The topological polar surface area (TPSA) is 87.5 Å². The number of benzene rings is 2. The van der Waals surface area contributed by atoms with E-state index in [-0.39, 0.29) is 0 Å². The average Bonchev–Trinajstić information content (AvgIpc) is 2.88. The van der Waals surface area contributed by atoms with Crippen molar-refractivity contribution in [2.24, 2.45) is 0 Å². The van der Waals surface area contributed by atoms with Gasteiger partial charge in [0.2, 0.25) is 0 Å². The number of nitriles is 1. The molecular formula is C26H30Cl2N5O3+. The summed E-state index contributed by atoms with van der Waals surface area (Å²) in [6.45, 7) is 5.95. The van der Waals surface area contributed by atoms with E-state index in [4.69, 9.17) is 37.4 Å². The van der Waals surface area contributed by atoms with Crippen LogP contribution in [0.25, 0.3) is 10.9 Å². The third-order valence-electron chi connectivity index (χ3n) is 6.36. The van der Waals surface area contributed by atoms with Crippen LogP contribution in [0.15, 0.2) is 30.5 Å². The second-order valence-corrected chi connectivity index (χ2v) is 9.53. The van der Waals surface area contributed by atoms with Crippen LogP contribution in [0.2, 0.25) is 10.0 Å². The van der Waals surface area contributed by atoms with E-state index in [2.05, 4.69) is 27.9 Å². The van der Waals surface area contributed by atoms with Crippen LogP contribution in [0.3, 0.4) is 0 Å². The summed E-state index contributed by atoms with van der Waals surface area (Å²) in [5.74, 6) is 1.69. The lowest BCUT2D eigenvalue weighted by molar-refractivity contribution is -0.477. The van der Waals surface area contributed by atoms with E-state index in [9.17, 15) is 5.26 Å². The molecule has 2 heterocycles. The molecule has 1 saturated heterocycles. The maximum atomic E-state index is 9.77. The van der Waals surface area contributed by atoms with E-state index in [1.807, 2.05) is 17.4 Å². The molecule has 3 aromatic rings. The average molecular weight is 531 g/mol. The number of ether oxygens (including phenoxy) is 3. The summed E-state index contributed by atoms with van der Waals surface area (Å²) in [6.07, 6.45) is 2.47. The molecule has 2 aromatic carbocycles. The Labute approximate surface area is 221 Å². The van der Waals surface area contributed by atoms with Gasteiger partial charge in [-0.2, -0.15) is 5.26 Å². The smallest absolute Gasteiger partial charge is 0.163 e. The lowest BCUT2D eigenvalue weighted by Crippen LogP contribution is -2.71. The minimum absolute atomic E-state index is 0.412. The number of piperazine rings is 1. The number of halogens is 2. The minimum Gasteiger partial charge on any atom is -0.495 e. The quantitative estimate of drug-likeness (QED) is 0.330. The first-order chi connectivity index (χ1) is 17.4. The summed E-state index contributed by atoms with van der Waals surface area (Å²) in [6, 6.07) is 9.29. The van der Waals surface area contributed by atoms with Crippen LogP contribution in [0.4, 0.5) is 11.4 Å². The lowest BCUT2D eigenvalue weighted by atomic mass is 10.1. The first-order valence-electron chi connectivity index (χ1n) is 11.8. The van der Waals surface area contributed by atoms with E-state index in [0.29, 0.717) is 56.4 Å². The molecule has 2 N–H and O–H groups in total. The highest BCUT2D eigenvalue weighted by atomic mass is 35.5. The van der Waals surface area contributed by atoms with Gasteiger partial charge in [0.25, 0.3) is 0 Å². The summed E-state index contributed by atoms with van der Waals surface area (Å²) in [7, 11) is 5.30. The molecule has 0 aliphatic carbocycles. The first kappa shape index (κ1) is 26.3. The molecule has 0 saturated carbocycles. The normalized spacial score (nSPS) is 14.6. The van der Waals surface area contributed by atoms with Crippen molar-refractivity contribution in [3.05, 3.63) is 46.1 Å². The minimum atomic E-state index is 0.412. The summed E-state index contributed by atoms with van der Waals surface area (Å²) in [5, 5.41) is 13.2. The fraction of sp³-hybridized carbons (Fsp3) is 0.385. The Morgan fingerprint density at radius 2 is 1.75 bits per heavy atom. The second kappa shape index (κ2) is 12.0. The standard InChI is InChI=1S/C26H29Cl2N5O3/c1-32-6-8-33(9-7-32)5-4-10-36-25-13-21-18(11-24(25)35-3)26(17(15-29)16-30-21)31-22-14-23(34-2)20(28)12-19(22)27/h11-14,16H,4-10H2,1-3H3,(H,30,31)/p+1. The van der Waals surface area contributed by atoms with Gasteiger partial charge in [-0.3, -0.25) is 10.3 Å². The van der Waals surface area contributed by atoms with Crippen LogP contribution in [-0.4, -0.2) is 75.4 Å². The molecule has 0 atom stereocenters. The third-order valence-corrected chi connectivity index (χ3v) is 6.98. The van der Waals surface area contributed by atoms with Crippen LogP contribution in [-0.2, 0) is 0 Å². The van der Waals surface area contributed by atoms with Crippen molar-refractivity contribution in [1.29, 1.82) is 5.26 Å². The molecule has 1 fully saturated rings. The number of likely N-dealkylation sites (N-methyl/N-ethyl adjacent to an activating group) is 1. The molecule has 0 radical (unpaired) electrons. The van der Waals surface area contributed by atoms with Gasteiger partial charge < -0.3 is 24.0 Å². The molecule has 1 aliphatic rings. The number of rotatable bonds is 9. The largest absolute Gasteiger partial charge is 0.495 e. The predicted octanol–water partition coefficient (Wildman–Crippen LogP) is 3.97. The summed E-state index contributed by atoms with van der Waals surface area (Å²) >= 11 is 12.6. The number of methoxy groups -OCH3 is 2. The van der Waals surface area contributed by atoms with Gasteiger partial charge >= 0.3 is 0 Å². The van der Waals surface area contributed by atoms with E-state index in [0.717, 1.165) is 44.5 Å². The Morgan fingerprint density at radius 3 is 2.44 bits per heavy atom. The number of hydrogen-bond donors (Lipinski definition) is 1. The van der Waals surface area contributed by atoms with E-state index < -0.39 is 0 Å². The molecule has 0 amide bonds. The summed E-state index contributed by atoms with van der Waals surface area (Å²) in [4.78, 5) is 9.31. The van der Waals surface area contributed by atoms with Crippen molar-refractivity contribution in [1.82, 2.24) is 14.8 Å². The van der Waals surface area contributed by atoms with Crippen LogP contribution in [0.1, 0.15) is 12.0 Å². The molecule has 1 aromatic heterocycles. The number of nitrogens with two attached hydrogens (primary N) is 1. The molecule has 4 rings (SSSR count). The van der Waals surface area contributed by atoms with Crippen molar-refractivity contribution >= 4 is 45.5 Å². The van der Waals surface area contributed by atoms with Crippen LogP contribution in [0.5, 0.6) is 17.2 Å². The van der Waals surface area contributed by atoms with Crippen molar-refractivity contribution in [3.63, 3.8) is 0 Å². The molecular weight excluding hydrogens is 501 g/mol. The maximum absolute atomic E-state index is 9.77. The predicted molar refractivity (Wildman–Crippen MR) is 141 cm³/mol. The Kier molecular flexibility index (Phi) is 8.72. The van der Waals surface area contributed by atoms with Crippen LogP contribution >= 0.6 is 23.2 Å². The molecule has 190 valence electrons. The van der Waals surface area contributed by atoms with Gasteiger partial charge in [0, 0.05) is 44.9 Å². The summed E-state index contributed by atoms with van der Waals surface area (Å²) in [5.41, 5.74) is 2.45. The van der Waals surface area contributed by atoms with E-state index >= 15 is 0 Å². The first-order valence-corrected chi connectivity index (χ1v) is 12.5. The van der Waals surface area contributed by atoms with Gasteiger partial charge in [0.1, 0.15) is 22.4 Å². The van der Waals surface area contributed by atoms with Crippen molar-refractivity contribution in [3.8, 4) is 23.3 Å². The van der Waals surface area contributed by atoms with Crippen molar-refractivity contribution in [2.45, 2.75) is 6.42 Å². The molecule has 36 heavy (non-hydrogen) atoms. The molecule has 0 bridgehead atoms. The SMILES string of the molecule is COc1cc([NH2+]c2c(C#N)cnc3cc(OCCCN4CCN(C)CC4)c(OC)cc23)c(Cl)cc1Cl. The third kappa shape index (κ3) is 5.94. The number of hydrogen-bond acceptors (Lipinski definition) is 7. The molecule has 1 aliphatic heterocycles. The van der Waals surface area contributed by atoms with Crippen LogP contribution < -0.4 is 19.5 Å². The van der Waals surface area contributed by atoms with Crippen LogP contribution in [0, 0.1) is 11.3 Å². The number of nitrogens with zero attached hydrogens (tertiary/aromatic N) is 4. The zero-order chi connectivity index (χ0) is 25.7. The van der Waals surface area contributed by atoms with Crippen molar-refractivity contribution < 1.29 is 19.5 Å². The van der Waals surface area contributed by atoms with Gasteiger partial charge in [-0.05, 0) is 25.6 Å². The monoisotopic (exact) mass is 530 g/mol. The fourth-order valence-corrected chi connectivity index (χ4v) is 4.76. The second-order valence-electron chi connectivity index (χ2n) is 8.72. The maximum Gasteiger partial charge on any atom is 0.163 e. The molecule has 8 nitrogen and oxygen atoms in total. The van der Waals surface area contributed by atoms with E-state index in [1.165, 1.54) is 0 Å². The van der Waals surface area contributed by atoms with Gasteiger partial charge in [0.15, 0.2) is 22.9 Å². The molecule has 10 heteroatoms. The highest BCUT2D eigenvalue weighted by molar-refractivity contribution is 6.36. The highest BCUT2D eigenvalue weighted by Gasteiger charge is 2.20. The highest BCUT2D eigenvalue weighted by Crippen LogP contribution is 2.36. The zero-order valence-electron chi connectivity index (χ0n) is 20.7. The Bertz CT molecular complexity index is 1270. The summed E-state index contributed by atoms with van der Waals surface area (Å²) < 4.78 is 17.1. The number of aromatic nitrogens is 1. The van der Waals surface area contributed by atoms with Gasteiger partial charge in [-0.15, -0.1) is 0 Å². The van der Waals surface area contributed by atoms with E-state index in [1.54, 1.807) is 32.5 Å². The Hall–Kier alpha value is -2.80. The molecule has 0 unspecified atom stereocenters.